The van der Waals surface area contributed by atoms with Crippen molar-refractivity contribution in [2.45, 2.75) is 58.1 Å². The molecule has 0 bridgehead atoms. The van der Waals surface area contributed by atoms with Crippen molar-refractivity contribution in [3.63, 3.8) is 0 Å². The number of anilines is 1. The number of aliphatic hydroxyl groups is 2. The molecule has 2 amide bonds. The van der Waals surface area contributed by atoms with Gasteiger partial charge in [-0.05, 0) is 54.4 Å². The van der Waals surface area contributed by atoms with Crippen LogP contribution in [0.5, 0.6) is 0 Å². The van der Waals surface area contributed by atoms with E-state index >= 15 is 0 Å². The van der Waals surface area contributed by atoms with Crippen LogP contribution in [0.1, 0.15) is 65.5 Å². The average molecular weight is 571 g/mol. The third kappa shape index (κ3) is 5.02. The summed E-state index contributed by atoms with van der Waals surface area (Å²) in [6.07, 6.45) is 4.30. The maximum atomic E-state index is 14.2. The topological polar surface area (TPSA) is 124 Å². The lowest BCUT2D eigenvalue weighted by Gasteiger charge is -2.58. The van der Waals surface area contributed by atoms with Gasteiger partial charge in [0.15, 0.2) is 5.13 Å². The molecule has 0 unspecified atom stereocenters. The minimum atomic E-state index is -0.979. The van der Waals surface area contributed by atoms with E-state index in [0.717, 1.165) is 22.6 Å². The van der Waals surface area contributed by atoms with E-state index in [0.29, 0.717) is 31.5 Å². The Morgan fingerprint density at radius 1 is 1.18 bits per heavy atom. The monoisotopic (exact) mass is 570 g/mol. The molecule has 3 aromatic rings. The maximum absolute atomic E-state index is 14.2. The smallest absolute Gasteiger partial charge is 0.263 e. The minimum Gasteiger partial charge on any atom is -0.396 e. The second-order valence-electron chi connectivity index (χ2n) is 11.3. The molecule has 2 heterocycles. The fourth-order valence-corrected chi connectivity index (χ4v) is 7.60. The summed E-state index contributed by atoms with van der Waals surface area (Å²) in [5, 5.41) is 27.0. The van der Waals surface area contributed by atoms with Gasteiger partial charge in [0, 0.05) is 41.6 Å². The molecule has 2 aliphatic rings. The Morgan fingerprint density at radius 3 is 2.60 bits per heavy atom. The Balaban J connectivity index is 1.47. The van der Waals surface area contributed by atoms with Gasteiger partial charge in [0.2, 0.25) is 5.91 Å². The normalized spacial score (nSPS) is 27.4. The molecule has 11 heteroatoms. The van der Waals surface area contributed by atoms with Gasteiger partial charge in [0.05, 0.1) is 18.4 Å². The highest BCUT2D eigenvalue weighted by molar-refractivity contribution is 7.15. The summed E-state index contributed by atoms with van der Waals surface area (Å²) in [7, 11) is 0. The van der Waals surface area contributed by atoms with Crippen LogP contribution in [0.3, 0.4) is 0 Å². The van der Waals surface area contributed by atoms with Crippen molar-refractivity contribution >= 4 is 28.3 Å². The van der Waals surface area contributed by atoms with Gasteiger partial charge in [-0.1, -0.05) is 26.0 Å². The van der Waals surface area contributed by atoms with Crippen LogP contribution in [0.15, 0.2) is 42.7 Å². The van der Waals surface area contributed by atoms with Crippen LogP contribution in [0, 0.1) is 28.4 Å². The Hall–Kier alpha value is -3.28. The molecule has 0 aliphatic heterocycles. The fourth-order valence-electron chi connectivity index (χ4n) is 6.53. The fraction of sp³-hybridized carbons (Fsp3) is 0.448. The van der Waals surface area contributed by atoms with E-state index in [1.54, 1.807) is 18.5 Å². The number of nitrogens with zero attached hydrogens (tertiary/aromatic N) is 2. The first-order chi connectivity index (χ1) is 19.1. The molecular weight excluding hydrogens is 538 g/mol. The second-order valence-corrected chi connectivity index (χ2v) is 12.3. The number of benzene rings is 1. The molecular formula is C29H32F2N4O4S. The van der Waals surface area contributed by atoms with Gasteiger partial charge >= 0.3 is 0 Å². The summed E-state index contributed by atoms with van der Waals surface area (Å²) < 4.78 is 28.5. The van der Waals surface area contributed by atoms with Crippen LogP contribution in [0.25, 0.3) is 0 Å². The van der Waals surface area contributed by atoms with Crippen molar-refractivity contribution in [2.24, 2.45) is 16.7 Å². The molecule has 4 N–H and O–H groups in total. The average Bonchev–Trinajstić information content (AvgIpc) is 3.33. The first kappa shape index (κ1) is 28.3. The number of thiazole rings is 1. The first-order valence-electron chi connectivity index (χ1n) is 13.3. The van der Waals surface area contributed by atoms with Gasteiger partial charge in [-0.25, -0.2) is 13.8 Å². The van der Waals surface area contributed by atoms with Crippen molar-refractivity contribution in [3.8, 4) is 0 Å². The van der Waals surface area contributed by atoms with E-state index in [1.165, 1.54) is 17.4 Å². The van der Waals surface area contributed by atoms with Crippen LogP contribution in [0.2, 0.25) is 0 Å². The summed E-state index contributed by atoms with van der Waals surface area (Å²) >= 11 is 1.19. The summed E-state index contributed by atoms with van der Waals surface area (Å²) in [5.74, 6) is -3.65. The van der Waals surface area contributed by atoms with Gasteiger partial charge in [-0.15, -0.1) is 11.3 Å². The predicted molar refractivity (Wildman–Crippen MR) is 146 cm³/mol. The second kappa shape index (κ2) is 10.9. The number of halogens is 2. The molecule has 8 nitrogen and oxygen atoms in total. The zero-order chi connectivity index (χ0) is 28.7. The molecule has 1 fully saturated rings. The molecule has 2 aromatic heterocycles. The molecule has 212 valence electrons. The van der Waals surface area contributed by atoms with Gasteiger partial charge in [0.1, 0.15) is 17.2 Å². The predicted octanol–water partition coefficient (Wildman–Crippen LogP) is 4.19. The number of amides is 2. The zero-order valence-electron chi connectivity index (χ0n) is 22.3. The molecule has 0 radical (unpaired) electrons. The highest BCUT2D eigenvalue weighted by atomic mass is 32.1. The third-order valence-electron chi connectivity index (χ3n) is 8.91. The van der Waals surface area contributed by atoms with Crippen LogP contribution >= 0.6 is 11.3 Å². The number of hydrogen-bond acceptors (Lipinski definition) is 7. The Labute approximate surface area is 234 Å². The Bertz CT molecular complexity index is 1400. The molecule has 0 spiro atoms. The summed E-state index contributed by atoms with van der Waals surface area (Å²) in [6.45, 7) is 4.03. The largest absolute Gasteiger partial charge is 0.396 e. The van der Waals surface area contributed by atoms with E-state index in [1.807, 2.05) is 13.0 Å². The van der Waals surface area contributed by atoms with E-state index < -0.39 is 40.0 Å². The number of nitrogens with one attached hydrogen (secondary N) is 2. The standard InChI is InChI=1S/C29H32F2N4O4S/c1-28-9-8-22(37)29(2,15-36)21(28)12-20-25(17(28)11-23(38)33-14-16-5-4-10-32-13-16)34-27(40-20)35-26(39)24-18(30)6-3-7-19(24)31/h3-7,10,13,17,21-22,36-37H,8-9,11-12,14-15H2,1-2H3,(H,33,38)(H,34,35,39)/t17-,21+,22-,28+,29+/m1/s1. The lowest BCUT2D eigenvalue weighted by atomic mass is 9.47. The SMILES string of the molecule is C[C@]1(CO)[C@H]2Cc3sc(NC(=O)c4c(F)cccc4F)nc3[C@@H](CC(=O)NCc3cccnc3)[C@]2(C)CC[C@H]1O. The van der Waals surface area contributed by atoms with E-state index in [2.05, 4.69) is 27.5 Å². The summed E-state index contributed by atoms with van der Waals surface area (Å²) in [6, 6.07) is 6.87. The number of aromatic nitrogens is 2. The number of fused-ring (bicyclic) bond motifs is 2. The van der Waals surface area contributed by atoms with Gasteiger partial charge in [-0.3, -0.25) is 19.9 Å². The molecule has 2 aliphatic carbocycles. The van der Waals surface area contributed by atoms with Crippen molar-refractivity contribution < 1.29 is 28.6 Å². The molecule has 1 saturated carbocycles. The third-order valence-corrected chi connectivity index (χ3v) is 9.91. The van der Waals surface area contributed by atoms with Crippen LogP contribution in [-0.4, -0.2) is 44.7 Å². The van der Waals surface area contributed by atoms with E-state index in [9.17, 15) is 28.6 Å². The Morgan fingerprint density at radius 2 is 1.93 bits per heavy atom. The maximum Gasteiger partial charge on any atom is 0.263 e. The first-order valence-corrected chi connectivity index (χ1v) is 14.1. The van der Waals surface area contributed by atoms with Gasteiger partial charge < -0.3 is 15.5 Å². The van der Waals surface area contributed by atoms with Crippen molar-refractivity contribution in [1.82, 2.24) is 15.3 Å². The summed E-state index contributed by atoms with van der Waals surface area (Å²) in [4.78, 5) is 35.6. The summed E-state index contributed by atoms with van der Waals surface area (Å²) in [5.41, 5.74) is -0.474. The van der Waals surface area contributed by atoms with Crippen LogP contribution in [0.4, 0.5) is 13.9 Å². The van der Waals surface area contributed by atoms with E-state index in [4.69, 9.17) is 0 Å². The van der Waals surface area contributed by atoms with Crippen molar-refractivity contribution in [1.29, 1.82) is 0 Å². The highest BCUT2D eigenvalue weighted by Gasteiger charge is 2.59. The number of hydrogen-bond donors (Lipinski definition) is 4. The van der Waals surface area contributed by atoms with Crippen LogP contribution < -0.4 is 10.6 Å². The van der Waals surface area contributed by atoms with Gasteiger partial charge in [0.25, 0.3) is 5.91 Å². The quantitative estimate of drug-likeness (QED) is 0.338. The molecule has 5 atom stereocenters. The lowest BCUT2D eigenvalue weighted by molar-refractivity contribution is -0.144. The number of aliphatic hydroxyl groups excluding tert-OH is 2. The molecule has 40 heavy (non-hydrogen) atoms. The van der Waals surface area contributed by atoms with Crippen LogP contribution in [-0.2, 0) is 17.8 Å². The Kier molecular flexibility index (Phi) is 7.73. The molecule has 0 saturated heterocycles. The lowest BCUT2D eigenvalue weighted by Crippen LogP contribution is -2.57. The number of pyridine rings is 1. The van der Waals surface area contributed by atoms with Gasteiger partial charge in [-0.2, -0.15) is 0 Å². The number of carbonyl (C=O) groups excluding carboxylic acids is 2. The number of carbonyl (C=O) groups is 2. The zero-order valence-corrected chi connectivity index (χ0v) is 23.1. The van der Waals surface area contributed by atoms with Crippen molar-refractivity contribution in [2.75, 3.05) is 11.9 Å². The number of rotatable bonds is 7. The minimum absolute atomic E-state index is 0.108. The van der Waals surface area contributed by atoms with Crippen molar-refractivity contribution in [3.05, 3.63) is 76.1 Å². The molecule has 5 rings (SSSR count). The highest BCUT2D eigenvalue weighted by Crippen LogP contribution is 2.62. The van der Waals surface area contributed by atoms with E-state index in [-0.39, 0.29) is 35.9 Å². The molecule has 1 aromatic carbocycles.